The van der Waals surface area contributed by atoms with Crippen LogP contribution in [-0.4, -0.2) is 31.2 Å². The zero-order valence-corrected chi connectivity index (χ0v) is 20.6. The Labute approximate surface area is 214 Å². The maximum absolute atomic E-state index is 13.0. The van der Waals surface area contributed by atoms with Gasteiger partial charge in [-0.2, -0.15) is 17.9 Å². The van der Waals surface area contributed by atoms with Gasteiger partial charge in [0, 0.05) is 17.5 Å². The van der Waals surface area contributed by atoms with E-state index < -0.39 is 29.5 Å². The lowest BCUT2D eigenvalue weighted by Crippen LogP contribution is -2.23. The fraction of sp³-hybridized carbons (Fsp3) is 0.192. The van der Waals surface area contributed by atoms with Crippen LogP contribution in [0.25, 0.3) is 5.69 Å². The van der Waals surface area contributed by atoms with E-state index in [0.29, 0.717) is 11.3 Å². The number of carbonyl (C=O) groups is 1. The number of benzene rings is 3. The molecule has 0 radical (unpaired) electrons. The van der Waals surface area contributed by atoms with Gasteiger partial charge in [-0.3, -0.25) is 9.36 Å². The molecular formula is C26H22F3N3O4S. The Hall–Kier alpha value is -3.99. The van der Waals surface area contributed by atoms with Gasteiger partial charge in [0.05, 0.1) is 17.0 Å². The molecule has 4 rings (SSSR count). The van der Waals surface area contributed by atoms with Crippen molar-refractivity contribution in [3.63, 3.8) is 0 Å². The summed E-state index contributed by atoms with van der Waals surface area (Å²) in [5, 5.41) is 13.4. The second-order valence-electron chi connectivity index (χ2n) is 8.17. The zero-order valence-electron chi connectivity index (χ0n) is 19.8. The van der Waals surface area contributed by atoms with E-state index in [9.17, 15) is 22.8 Å². The van der Waals surface area contributed by atoms with Crippen LogP contribution in [0.2, 0.25) is 0 Å². The average Bonchev–Trinajstić information content (AvgIpc) is 3.16. The van der Waals surface area contributed by atoms with Gasteiger partial charge in [0.1, 0.15) is 5.75 Å². The van der Waals surface area contributed by atoms with Gasteiger partial charge in [0.15, 0.2) is 11.9 Å². The minimum atomic E-state index is -4.50. The molecule has 11 heteroatoms. The maximum Gasteiger partial charge on any atom is 0.416 e. The molecule has 4 aromatic rings. The summed E-state index contributed by atoms with van der Waals surface area (Å²) < 4.78 is 47.6. The number of hydrogen-bond donors (Lipinski definition) is 1. The number of alkyl halides is 3. The lowest BCUT2D eigenvalue weighted by molar-refractivity contribution is -0.137. The van der Waals surface area contributed by atoms with Crippen LogP contribution in [0.1, 0.15) is 28.6 Å². The van der Waals surface area contributed by atoms with Crippen LogP contribution >= 0.6 is 11.8 Å². The quantitative estimate of drug-likeness (QED) is 0.314. The van der Waals surface area contributed by atoms with Gasteiger partial charge in [0.2, 0.25) is 0 Å². The van der Waals surface area contributed by atoms with E-state index in [1.165, 1.54) is 35.5 Å². The van der Waals surface area contributed by atoms with E-state index in [4.69, 9.17) is 9.84 Å². The normalized spacial score (nSPS) is 12.4. The van der Waals surface area contributed by atoms with Gasteiger partial charge in [-0.25, -0.2) is 4.79 Å². The summed E-state index contributed by atoms with van der Waals surface area (Å²) in [4.78, 5) is 24.7. The highest BCUT2D eigenvalue weighted by Gasteiger charge is 2.30. The molecule has 3 aromatic carbocycles. The topological polar surface area (TPSA) is 86.3 Å². The number of carboxylic acids is 1. The molecule has 0 saturated carbocycles. The molecular weight excluding hydrogens is 507 g/mol. The molecule has 0 aliphatic heterocycles. The second kappa shape index (κ2) is 10.6. The van der Waals surface area contributed by atoms with Crippen LogP contribution in [0, 0.1) is 6.92 Å². The number of rotatable bonds is 8. The number of thioether (sulfide) groups is 1. The van der Waals surface area contributed by atoms with E-state index in [2.05, 4.69) is 5.10 Å². The zero-order chi connectivity index (χ0) is 26.7. The van der Waals surface area contributed by atoms with Gasteiger partial charge in [-0.05, 0) is 55.0 Å². The van der Waals surface area contributed by atoms with Crippen LogP contribution in [0.3, 0.4) is 0 Å². The predicted octanol–water partition coefficient (Wildman–Crippen LogP) is 5.24. The fourth-order valence-corrected chi connectivity index (χ4v) is 4.37. The summed E-state index contributed by atoms with van der Waals surface area (Å²) in [6, 6.07) is 18.6. The van der Waals surface area contributed by atoms with Crippen molar-refractivity contribution in [1.82, 2.24) is 14.3 Å². The lowest BCUT2D eigenvalue weighted by atomic mass is 10.1. The number of hydrogen-bond acceptors (Lipinski definition) is 5. The Bertz CT molecular complexity index is 1470. The van der Waals surface area contributed by atoms with Crippen molar-refractivity contribution in [1.29, 1.82) is 0 Å². The Morgan fingerprint density at radius 2 is 1.76 bits per heavy atom. The summed E-state index contributed by atoms with van der Waals surface area (Å²) in [6.07, 6.45) is -5.31. The molecule has 0 saturated heterocycles. The first kappa shape index (κ1) is 26.1. The molecule has 0 spiro atoms. The molecule has 1 heterocycles. The molecule has 1 N–H and O–H groups in total. The van der Waals surface area contributed by atoms with Crippen molar-refractivity contribution in [3.8, 4) is 11.4 Å². The van der Waals surface area contributed by atoms with Crippen LogP contribution < -0.4 is 10.4 Å². The molecule has 0 fully saturated rings. The minimum Gasteiger partial charge on any atom is -0.481 e. The smallest absolute Gasteiger partial charge is 0.416 e. The summed E-state index contributed by atoms with van der Waals surface area (Å²) in [6.45, 7) is 1.82. The van der Waals surface area contributed by atoms with Gasteiger partial charge in [-0.1, -0.05) is 30.3 Å². The summed E-state index contributed by atoms with van der Waals surface area (Å²) >= 11 is 1.18. The van der Waals surface area contributed by atoms with Gasteiger partial charge in [-0.15, -0.1) is 16.9 Å². The number of nitrogens with zero attached hydrogens (tertiary/aromatic N) is 3. The molecule has 1 atom stereocenters. The van der Waals surface area contributed by atoms with Gasteiger partial charge < -0.3 is 9.84 Å². The van der Waals surface area contributed by atoms with Gasteiger partial charge >= 0.3 is 17.8 Å². The highest BCUT2D eigenvalue weighted by molar-refractivity contribution is 8.00. The predicted molar refractivity (Wildman–Crippen MR) is 132 cm³/mol. The number of ether oxygens (including phenoxy) is 1. The second-order valence-corrected chi connectivity index (χ2v) is 9.22. The minimum absolute atomic E-state index is 0.0736. The monoisotopic (exact) mass is 529 g/mol. The highest BCUT2D eigenvalue weighted by Crippen LogP contribution is 2.32. The van der Waals surface area contributed by atoms with Crippen molar-refractivity contribution >= 4 is 17.7 Å². The fourth-order valence-electron chi connectivity index (χ4n) is 3.65. The first-order valence-electron chi connectivity index (χ1n) is 11.0. The Balaban J connectivity index is 1.72. The molecule has 192 valence electrons. The SMILES string of the molecule is Cc1cc(SCC(=O)O)ccc1OC(c1ccccc1)c1nn(-c2ccc(C(F)(F)F)cc2)c(=O)n1C. The van der Waals surface area contributed by atoms with Crippen molar-refractivity contribution in [2.75, 3.05) is 5.75 Å². The molecule has 7 nitrogen and oxygen atoms in total. The molecule has 37 heavy (non-hydrogen) atoms. The third-order valence-electron chi connectivity index (χ3n) is 5.54. The third-order valence-corrected chi connectivity index (χ3v) is 6.52. The van der Waals surface area contributed by atoms with E-state index in [1.54, 1.807) is 12.1 Å². The van der Waals surface area contributed by atoms with Crippen molar-refractivity contribution < 1.29 is 27.8 Å². The molecule has 1 aromatic heterocycles. The van der Waals surface area contributed by atoms with E-state index in [1.807, 2.05) is 43.3 Å². The van der Waals surface area contributed by atoms with Crippen molar-refractivity contribution in [2.45, 2.75) is 24.1 Å². The maximum atomic E-state index is 13.0. The molecule has 0 amide bonds. The Morgan fingerprint density at radius 1 is 1.08 bits per heavy atom. The highest BCUT2D eigenvalue weighted by atomic mass is 32.2. The van der Waals surface area contributed by atoms with Crippen LogP contribution in [0.4, 0.5) is 13.2 Å². The van der Waals surface area contributed by atoms with Crippen LogP contribution in [0.5, 0.6) is 5.75 Å². The number of carboxylic acid groups (broad SMARTS) is 1. The number of aliphatic carboxylic acids is 1. The molecule has 0 aliphatic carbocycles. The third kappa shape index (κ3) is 5.88. The van der Waals surface area contributed by atoms with E-state index in [-0.39, 0.29) is 17.3 Å². The standard InChI is InChI=1S/C26H22F3N3O4S/c1-16-14-20(37-15-22(33)34)12-13-21(16)36-23(17-6-4-3-5-7-17)24-30-32(25(35)31(24)2)19-10-8-18(9-11-19)26(27,28)29/h3-14,23H,15H2,1-2H3,(H,33,34). The summed E-state index contributed by atoms with van der Waals surface area (Å²) in [7, 11) is 1.52. The van der Waals surface area contributed by atoms with Gasteiger partial charge in [0.25, 0.3) is 0 Å². The Kier molecular flexibility index (Phi) is 7.44. The number of aromatic nitrogens is 3. The lowest BCUT2D eigenvalue weighted by Gasteiger charge is -2.20. The first-order chi connectivity index (χ1) is 17.5. The number of aryl methyl sites for hydroxylation is 1. The molecule has 0 aliphatic rings. The van der Waals surface area contributed by atoms with E-state index in [0.717, 1.165) is 27.3 Å². The first-order valence-corrected chi connectivity index (χ1v) is 12.0. The Morgan fingerprint density at radius 3 is 2.35 bits per heavy atom. The molecule has 0 bridgehead atoms. The van der Waals surface area contributed by atoms with Crippen molar-refractivity contribution in [3.05, 3.63) is 106 Å². The van der Waals surface area contributed by atoms with Crippen molar-refractivity contribution in [2.24, 2.45) is 7.05 Å². The number of halogens is 3. The van der Waals surface area contributed by atoms with Crippen LogP contribution in [0.15, 0.2) is 82.5 Å². The largest absolute Gasteiger partial charge is 0.481 e. The average molecular weight is 530 g/mol. The summed E-state index contributed by atoms with van der Waals surface area (Å²) in [5.74, 6) is -0.239. The summed E-state index contributed by atoms with van der Waals surface area (Å²) in [5.41, 5.74) is 0.271. The van der Waals surface area contributed by atoms with E-state index >= 15 is 0 Å². The molecule has 1 unspecified atom stereocenters. The van der Waals surface area contributed by atoms with Crippen LogP contribution in [-0.2, 0) is 18.0 Å².